The van der Waals surface area contributed by atoms with Crippen molar-refractivity contribution in [2.75, 3.05) is 7.11 Å². The van der Waals surface area contributed by atoms with Gasteiger partial charge < -0.3 is 23.7 Å². The molecule has 3 fully saturated rings. The molecular formula is C29H36O9. The number of allylic oxidation sites excluding steroid dienone is 1. The number of hydrogen-bond acceptors (Lipinski definition) is 9. The van der Waals surface area contributed by atoms with Crippen molar-refractivity contribution in [3.8, 4) is 0 Å². The van der Waals surface area contributed by atoms with Crippen LogP contribution < -0.4 is 0 Å². The lowest BCUT2D eigenvalue weighted by Crippen LogP contribution is -2.74. The average Bonchev–Trinajstić information content (AvgIpc) is 3.38. The number of ketones is 1. The van der Waals surface area contributed by atoms with Gasteiger partial charge in [0.1, 0.15) is 12.2 Å². The predicted molar refractivity (Wildman–Crippen MR) is 132 cm³/mol. The van der Waals surface area contributed by atoms with E-state index >= 15 is 0 Å². The second-order valence-corrected chi connectivity index (χ2v) is 12.5. The molecule has 3 aliphatic carbocycles. The number of cyclic esters (lactones) is 1. The van der Waals surface area contributed by atoms with Crippen LogP contribution in [0.15, 0.2) is 34.7 Å². The maximum absolute atomic E-state index is 14.3. The largest absolute Gasteiger partial charge is 0.472 e. The molecule has 2 saturated carbocycles. The summed E-state index contributed by atoms with van der Waals surface area (Å²) in [6, 6.07) is 1.78. The Morgan fingerprint density at radius 1 is 1.16 bits per heavy atom. The number of aliphatic hydroxyl groups is 1. The third-order valence-corrected chi connectivity index (χ3v) is 10.2. The van der Waals surface area contributed by atoms with Crippen LogP contribution in [0.25, 0.3) is 0 Å². The number of furan rings is 1. The van der Waals surface area contributed by atoms with Crippen molar-refractivity contribution in [1.82, 2.24) is 0 Å². The van der Waals surface area contributed by atoms with Crippen molar-refractivity contribution in [3.05, 3.63) is 35.8 Å². The van der Waals surface area contributed by atoms with Crippen molar-refractivity contribution in [2.24, 2.45) is 34.0 Å². The summed E-state index contributed by atoms with van der Waals surface area (Å²) in [6.45, 7) is 8.76. The first kappa shape index (κ1) is 26.7. The van der Waals surface area contributed by atoms with Gasteiger partial charge in [-0.15, -0.1) is 0 Å². The molecule has 38 heavy (non-hydrogen) atoms. The zero-order valence-electron chi connectivity index (χ0n) is 22.7. The van der Waals surface area contributed by atoms with Crippen LogP contribution in [0.2, 0.25) is 0 Å². The van der Waals surface area contributed by atoms with E-state index in [1.807, 2.05) is 20.8 Å². The van der Waals surface area contributed by atoms with Crippen LogP contribution in [0.4, 0.5) is 0 Å². The predicted octanol–water partition coefficient (Wildman–Crippen LogP) is 3.70. The number of esters is 3. The topological polar surface area (TPSA) is 129 Å². The highest BCUT2D eigenvalue weighted by molar-refractivity contribution is 5.99. The molecular weight excluding hydrogens is 492 g/mol. The molecule has 0 aromatic carbocycles. The van der Waals surface area contributed by atoms with E-state index in [-0.39, 0.29) is 30.6 Å². The van der Waals surface area contributed by atoms with Crippen molar-refractivity contribution < 1.29 is 42.9 Å². The van der Waals surface area contributed by atoms with E-state index in [0.717, 1.165) is 11.1 Å². The highest BCUT2D eigenvalue weighted by Crippen LogP contribution is 2.68. The number of carbonyl (C=O) groups is 4. The van der Waals surface area contributed by atoms with E-state index in [9.17, 15) is 24.3 Å². The number of carbonyl (C=O) groups excluding carboxylic acids is 4. The van der Waals surface area contributed by atoms with Gasteiger partial charge in [0.05, 0.1) is 26.1 Å². The van der Waals surface area contributed by atoms with Crippen LogP contribution in [-0.4, -0.2) is 47.6 Å². The third kappa shape index (κ3) is 3.46. The molecule has 0 radical (unpaired) electrons. The van der Waals surface area contributed by atoms with Crippen LogP contribution in [0.1, 0.15) is 72.0 Å². The molecule has 1 aromatic heterocycles. The molecule has 5 rings (SSSR count). The van der Waals surface area contributed by atoms with Gasteiger partial charge in [-0.25, -0.2) is 0 Å². The lowest BCUT2D eigenvalue weighted by molar-refractivity contribution is -0.224. The van der Waals surface area contributed by atoms with Crippen LogP contribution in [-0.2, 0) is 33.4 Å². The Balaban J connectivity index is 1.71. The highest BCUT2D eigenvalue weighted by atomic mass is 16.6. The fourth-order valence-corrected chi connectivity index (χ4v) is 8.45. The molecule has 8 atom stereocenters. The summed E-state index contributed by atoms with van der Waals surface area (Å²) in [6.07, 6.45) is 4.16. The molecule has 2 heterocycles. The molecule has 9 nitrogen and oxygen atoms in total. The highest BCUT2D eigenvalue weighted by Gasteiger charge is 2.73. The number of ether oxygens (including phenoxy) is 3. The Kier molecular flexibility index (Phi) is 5.98. The maximum atomic E-state index is 14.3. The van der Waals surface area contributed by atoms with Gasteiger partial charge in [0.2, 0.25) is 0 Å². The van der Waals surface area contributed by atoms with Crippen LogP contribution in [0, 0.1) is 34.0 Å². The monoisotopic (exact) mass is 528 g/mol. The Labute approximate surface area is 221 Å². The number of methoxy groups -OCH3 is 1. The van der Waals surface area contributed by atoms with Crippen molar-refractivity contribution in [2.45, 2.75) is 78.1 Å². The van der Waals surface area contributed by atoms with Crippen LogP contribution >= 0.6 is 0 Å². The first-order valence-electron chi connectivity index (χ1n) is 13.2. The SMILES string of the molecule is COC(=O)C[C@H]1C(C)(C)[C@H](OC(C)=O)[C@]2(O)C=C3[C@@H]4CC(=O)O[C@@H](c5ccoc5)[C@]4(C)CC[C@@H]3[C@@]1(C)C2=O. The van der Waals surface area contributed by atoms with E-state index in [2.05, 4.69) is 6.92 Å². The van der Waals surface area contributed by atoms with Crippen molar-refractivity contribution in [1.29, 1.82) is 0 Å². The normalized spacial score (nSPS) is 41.2. The minimum Gasteiger partial charge on any atom is -0.472 e. The van der Waals surface area contributed by atoms with Crippen molar-refractivity contribution >= 4 is 23.7 Å². The van der Waals surface area contributed by atoms with Crippen LogP contribution in [0.3, 0.4) is 0 Å². The van der Waals surface area contributed by atoms with Gasteiger partial charge in [-0.3, -0.25) is 19.2 Å². The molecule has 0 spiro atoms. The summed E-state index contributed by atoms with van der Waals surface area (Å²) in [5.74, 6) is -3.22. The Bertz CT molecular complexity index is 1210. The lowest BCUT2D eigenvalue weighted by Gasteiger charge is -2.65. The minimum absolute atomic E-state index is 0.0784. The smallest absolute Gasteiger partial charge is 0.307 e. The van der Waals surface area contributed by atoms with Gasteiger partial charge in [-0.2, -0.15) is 0 Å². The maximum Gasteiger partial charge on any atom is 0.307 e. The standard InChI is InChI=1S/C29H36O9/c1-15(30)37-25-26(2,3)20(12-21(31)35-6)28(5)18-7-9-27(4)19(17(18)13-29(25,34)24(28)33)11-22(32)38-23(27)16-8-10-36-14-16/h8,10,13-14,18-20,23,25,34H,7,9,11-12H2,1-6H3/t18-,19-,20-,23-,25-,27+,28+,29-/m0/s1. The Morgan fingerprint density at radius 2 is 1.87 bits per heavy atom. The zero-order valence-corrected chi connectivity index (χ0v) is 22.7. The average molecular weight is 529 g/mol. The van der Waals surface area contributed by atoms with Gasteiger partial charge in [-0.1, -0.05) is 33.3 Å². The second-order valence-electron chi connectivity index (χ2n) is 12.5. The van der Waals surface area contributed by atoms with Gasteiger partial charge in [0.15, 0.2) is 11.4 Å². The molecule has 9 heteroatoms. The first-order chi connectivity index (χ1) is 17.7. The molecule has 1 saturated heterocycles. The number of Topliss-reactive ketones (excluding diaryl/α,β-unsaturated/α-hetero) is 1. The number of hydrogen-bond donors (Lipinski definition) is 1. The van der Waals surface area contributed by atoms with E-state index in [1.165, 1.54) is 20.3 Å². The van der Waals surface area contributed by atoms with E-state index in [4.69, 9.17) is 18.6 Å². The lowest BCUT2D eigenvalue weighted by atomic mass is 9.39. The summed E-state index contributed by atoms with van der Waals surface area (Å²) in [5, 5.41) is 12.2. The molecule has 2 bridgehead atoms. The van der Waals surface area contributed by atoms with Gasteiger partial charge in [-0.05, 0) is 42.7 Å². The summed E-state index contributed by atoms with van der Waals surface area (Å²) < 4.78 is 21.8. The summed E-state index contributed by atoms with van der Waals surface area (Å²) in [4.78, 5) is 52.1. The Morgan fingerprint density at radius 3 is 2.47 bits per heavy atom. The summed E-state index contributed by atoms with van der Waals surface area (Å²) in [7, 11) is 1.30. The fraction of sp³-hybridized carbons (Fsp3) is 0.655. The second kappa shape index (κ2) is 8.53. The zero-order chi connectivity index (χ0) is 27.8. The van der Waals surface area contributed by atoms with Gasteiger partial charge in [0, 0.05) is 35.2 Å². The first-order valence-corrected chi connectivity index (χ1v) is 13.2. The van der Waals surface area contributed by atoms with E-state index in [0.29, 0.717) is 12.8 Å². The van der Waals surface area contributed by atoms with E-state index < -0.39 is 57.7 Å². The van der Waals surface area contributed by atoms with Gasteiger partial charge >= 0.3 is 17.9 Å². The minimum atomic E-state index is -2.12. The molecule has 0 amide bonds. The fourth-order valence-electron chi connectivity index (χ4n) is 8.45. The number of rotatable bonds is 4. The van der Waals surface area contributed by atoms with Gasteiger partial charge in [0.25, 0.3) is 0 Å². The van der Waals surface area contributed by atoms with E-state index in [1.54, 1.807) is 18.4 Å². The molecule has 206 valence electrons. The Hall–Kier alpha value is -2.94. The third-order valence-electron chi connectivity index (χ3n) is 10.2. The quantitative estimate of drug-likeness (QED) is 0.353. The molecule has 4 aliphatic rings. The molecule has 1 aliphatic heterocycles. The molecule has 1 N–H and O–H groups in total. The molecule has 0 unspecified atom stereocenters. The van der Waals surface area contributed by atoms with Crippen molar-refractivity contribution in [3.63, 3.8) is 0 Å². The number of fused-ring (bicyclic) bond motifs is 6. The summed E-state index contributed by atoms with van der Waals surface area (Å²) >= 11 is 0. The summed E-state index contributed by atoms with van der Waals surface area (Å²) in [5.41, 5.74) is -3.22. The van der Waals surface area contributed by atoms with Crippen LogP contribution in [0.5, 0.6) is 0 Å². The molecule has 1 aromatic rings.